The number of hydrogen-bond donors (Lipinski definition) is 1. The van der Waals surface area contributed by atoms with Crippen LogP contribution < -0.4 is 5.32 Å². The summed E-state index contributed by atoms with van der Waals surface area (Å²) in [6.07, 6.45) is 1.23. The molecule has 0 aliphatic heterocycles. The van der Waals surface area contributed by atoms with Crippen molar-refractivity contribution in [2.45, 2.75) is 33.3 Å². The van der Waals surface area contributed by atoms with E-state index in [4.69, 9.17) is 16.3 Å². The number of carbonyl (C=O) groups is 3. The monoisotopic (exact) mass is 393 g/mol. The van der Waals surface area contributed by atoms with Crippen molar-refractivity contribution in [1.29, 1.82) is 0 Å². The second-order valence-corrected chi connectivity index (χ2v) is 7.28. The number of benzene rings is 1. The summed E-state index contributed by atoms with van der Waals surface area (Å²) in [6, 6.07) is 4.78. The maximum absolute atomic E-state index is 12.4. The third-order valence-electron chi connectivity index (χ3n) is 3.16. The van der Waals surface area contributed by atoms with Crippen LogP contribution >= 0.6 is 11.6 Å². The molecule has 0 aliphatic rings. The standard InChI is InChI=1S/C19H24ClN3O4/c1-12(24)22-16-9-13(20)7-8-14(16)15(21-5)10-17(25)23(6)11-18(26)27-19(2,3)4/h7-10H,5,11H2,1-4,6H3,(H,22,24)/b15-10-. The maximum Gasteiger partial charge on any atom is 0.326 e. The molecule has 146 valence electrons. The van der Waals surface area contributed by atoms with E-state index in [9.17, 15) is 14.4 Å². The molecular weight excluding hydrogens is 370 g/mol. The number of halogens is 1. The van der Waals surface area contributed by atoms with Gasteiger partial charge in [-0.1, -0.05) is 11.6 Å². The molecule has 7 nitrogen and oxygen atoms in total. The Bertz CT molecular complexity index is 782. The van der Waals surface area contributed by atoms with Crippen molar-refractivity contribution < 1.29 is 19.1 Å². The lowest BCUT2D eigenvalue weighted by Gasteiger charge is -2.22. The first-order valence-corrected chi connectivity index (χ1v) is 8.53. The van der Waals surface area contributed by atoms with Crippen LogP contribution in [0.15, 0.2) is 29.3 Å². The molecule has 1 N–H and O–H groups in total. The molecule has 8 heteroatoms. The van der Waals surface area contributed by atoms with Crippen LogP contribution in [0.4, 0.5) is 5.69 Å². The molecule has 0 atom stereocenters. The SMILES string of the molecule is C=N/C(=C\C(=O)N(C)CC(=O)OC(C)(C)C)c1ccc(Cl)cc1NC(C)=O. The number of nitrogens with zero attached hydrogens (tertiary/aromatic N) is 2. The third kappa shape index (κ3) is 7.62. The Morgan fingerprint density at radius 2 is 1.96 bits per heavy atom. The predicted octanol–water partition coefficient (Wildman–Crippen LogP) is 3.14. The smallest absolute Gasteiger partial charge is 0.326 e. The Hall–Kier alpha value is -2.67. The molecule has 27 heavy (non-hydrogen) atoms. The van der Waals surface area contributed by atoms with Gasteiger partial charge in [0.2, 0.25) is 11.8 Å². The highest BCUT2D eigenvalue weighted by Gasteiger charge is 2.20. The summed E-state index contributed by atoms with van der Waals surface area (Å²) in [4.78, 5) is 40.8. The number of amides is 2. The van der Waals surface area contributed by atoms with Crippen LogP contribution in [0, 0.1) is 0 Å². The molecular formula is C19H24ClN3O4. The van der Waals surface area contributed by atoms with Crippen LogP contribution in [-0.2, 0) is 19.1 Å². The lowest BCUT2D eigenvalue weighted by atomic mass is 10.1. The van der Waals surface area contributed by atoms with Gasteiger partial charge in [0.05, 0.1) is 11.4 Å². The maximum atomic E-state index is 12.4. The summed E-state index contributed by atoms with van der Waals surface area (Å²) in [7, 11) is 1.47. The molecule has 0 bridgehead atoms. The van der Waals surface area contributed by atoms with E-state index in [1.807, 2.05) is 0 Å². The number of rotatable bonds is 6. The Morgan fingerprint density at radius 1 is 1.33 bits per heavy atom. The van der Waals surface area contributed by atoms with Gasteiger partial charge in [-0.2, -0.15) is 0 Å². The minimum Gasteiger partial charge on any atom is -0.459 e. The van der Waals surface area contributed by atoms with Crippen molar-refractivity contribution in [3.05, 3.63) is 34.9 Å². The molecule has 1 aromatic carbocycles. The van der Waals surface area contributed by atoms with Crippen molar-refractivity contribution >= 4 is 47.5 Å². The van der Waals surface area contributed by atoms with E-state index in [-0.39, 0.29) is 18.1 Å². The first kappa shape index (κ1) is 22.4. The summed E-state index contributed by atoms with van der Waals surface area (Å²) < 4.78 is 5.20. The van der Waals surface area contributed by atoms with E-state index >= 15 is 0 Å². The van der Waals surface area contributed by atoms with Crippen LogP contribution in [0.5, 0.6) is 0 Å². The van der Waals surface area contributed by atoms with Gasteiger partial charge in [-0.3, -0.25) is 19.4 Å². The van der Waals surface area contributed by atoms with Gasteiger partial charge in [0, 0.05) is 30.6 Å². The van der Waals surface area contributed by atoms with Crippen molar-refractivity contribution in [2.24, 2.45) is 4.99 Å². The summed E-state index contributed by atoms with van der Waals surface area (Å²) in [5.74, 6) is -1.28. The highest BCUT2D eigenvalue weighted by molar-refractivity contribution is 6.31. The van der Waals surface area contributed by atoms with Gasteiger partial charge in [-0.15, -0.1) is 0 Å². The number of ether oxygens (including phenoxy) is 1. The fourth-order valence-corrected chi connectivity index (χ4v) is 2.29. The highest BCUT2D eigenvalue weighted by atomic mass is 35.5. The van der Waals surface area contributed by atoms with Crippen LogP contribution in [0.2, 0.25) is 5.02 Å². The minimum atomic E-state index is -0.638. The summed E-state index contributed by atoms with van der Waals surface area (Å²) in [6.45, 7) is 9.86. The zero-order chi connectivity index (χ0) is 20.8. The van der Waals surface area contributed by atoms with E-state index < -0.39 is 17.5 Å². The Labute approximate surface area is 164 Å². The number of aliphatic imine (C=N–C) groups is 1. The third-order valence-corrected chi connectivity index (χ3v) is 3.40. The average molecular weight is 394 g/mol. The second-order valence-electron chi connectivity index (χ2n) is 6.84. The number of nitrogens with one attached hydrogen (secondary N) is 1. The van der Waals surface area contributed by atoms with Crippen molar-refractivity contribution in [3.63, 3.8) is 0 Å². The molecule has 0 saturated carbocycles. The number of likely N-dealkylation sites (N-methyl/N-ethyl adjacent to an activating group) is 1. The zero-order valence-corrected chi connectivity index (χ0v) is 16.9. The molecule has 0 aromatic heterocycles. The highest BCUT2D eigenvalue weighted by Crippen LogP contribution is 2.28. The van der Waals surface area contributed by atoms with E-state index in [1.54, 1.807) is 39.0 Å². The molecule has 1 rings (SSSR count). The lowest BCUT2D eigenvalue weighted by Crippen LogP contribution is -2.35. The van der Waals surface area contributed by atoms with Gasteiger partial charge >= 0.3 is 5.97 Å². The second kappa shape index (κ2) is 9.32. The minimum absolute atomic E-state index is 0.212. The fourth-order valence-electron chi connectivity index (χ4n) is 2.11. The van der Waals surface area contributed by atoms with E-state index in [0.717, 1.165) is 0 Å². The van der Waals surface area contributed by atoms with Gasteiger partial charge in [-0.25, -0.2) is 0 Å². The Balaban J connectivity index is 3.06. The molecule has 0 aliphatic carbocycles. The predicted molar refractivity (Wildman–Crippen MR) is 107 cm³/mol. The molecule has 0 heterocycles. The van der Waals surface area contributed by atoms with Crippen LogP contribution in [0.1, 0.15) is 33.3 Å². The molecule has 1 aromatic rings. The summed E-state index contributed by atoms with van der Waals surface area (Å²) in [5, 5.41) is 3.05. The fraction of sp³-hybridized carbons (Fsp3) is 0.368. The number of carbonyl (C=O) groups excluding carboxylic acids is 3. The quantitative estimate of drug-likeness (QED) is 0.457. The van der Waals surface area contributed by atoms with Crippen LogP contribution in [0.25, 0.3) is 5.70 Å². The normalized spacial score (nSPS) is 11.6. The molecule has 0 unspecified atom stereocenters. The molecule has 0 fully saturated rings. The zero-order valence-electron chi connectivity index (χ0n) is 16.1. The van der Waals surface area contributed by atoms with Gasteiger partial charge in [0.15, 0.2) is 0 Å². The van der Waals surface area contributed by atoms with E-state index in [2.05, 4.69) is 17.0 Å². The van der Waals surface area contributed by atoms with Crippen molar-refractivity contribution in [1.82, 2.24) is 4.90 Å². The number of hydrogen-bond acceptors (Lipinski definition) is 5. The van der Waals surface area contributed by atoms with Gasteiger partial charge < -0.3 is 15.0 Å². The number of anilines is 1. The number of esters is 1. The van der Waals surface area contributed by atoms with E-state index in [0.29, 0.717) is 16.3 Å². The first-order chi connectivity index (χ1) is 12.4. The molecule has 0 saturated heterocycles. The molecule has 2 amide bonds. The van der Waals surface area contributed by atoms with Gasteiger partial charge in [0.25, 0.3) is 0 Å². The van der Waals surface area contributed by atoms with Crippen molar-refractivity contribution in [3.8, 4) is 0 Å². The largest absolute Gasteiger partial charge is 0.459 e. The lowest BCUT2D eigenvalue weighted by molar-refractivity contribution is -0.157. The topological polar surface area (TPSA) is 88.1 Å². The molecule has 0 radical (unpaired) electrons. The van der Waals surface area contributed by atoms with Crippen LogP contribution in [0.3, 0.4) is 0 Å². The van der Waals surface area contributed by atoms with Gasteiger partial charge in [0.1, 0.15) is 12.1 Å². The van der Waals surface area contributed by atoms with Gasteiger partial charge in [-0.05, 0) is 45.7 Å². The summed E-state index contributed by atoms with van der Waals surface area (Å²) >= 11 is 5.97. The Morgan fingerprint density at radius 3 is 2.48 bits per heavy atom. The summed E-state index contributed by atoms with van der Waals surface area (Å²) in [5.41, 5.74) is 0.470. The van der Waals surface area contributed by atoms with Crippen molar-refractivity contribution in [2.75, 3.05) is 18.9 Å². The van der Waals surface area contributed by atoms with Crippen LogP contribution in [-0.4, -0.2) is 48.6 Å². The van der Waals surface area contributed by atoms with E-state index in [1.165, 1.54) is 24.9 Å². The first-order valence-electron chi connectivity index (χ1n) is 8.16. The average Bonchev–Trinajstić information content (AvgIpc) is 2.50. The molecule has 0 spiro atoms. The Kier molecular flexibility index (Phi) is 7.72.